The number of hydrogen-bond donors (Lipinski definition) is 1. The minimum atomic E-state index is 0.0165. The van der Waals surface area contributed by atoms with E-state index in [1.807, 2.05) is 36.0 Å². The Morgan fingerprint density at radius 1 is 1.48 bits per heavy atom. The van der Waals surface area contributed by atoms with E-state index in [0.717, 1.165) is 42.9 Å². The second-order valence-electron chi connectivity index (χ2n) is 5.75. The second kappa shape index (κ2) is 6.28. The van der Waals surface area contributed by atoms with Crippen molar-refractivity contribution in [3.8, 4) is 5.75 Å². The molecule has 0 bridgehead atoms. The Labute approximate surface area is 129 Å². The first-order chi connectivity index (χ1) is 10.2. The zero-order chi connectivity index (χ0) is 14.7. The quantitative estimate of drug-likeness (QED) is 0.529. The van der Waals surface area contributed by atoms with Crippen molar-refractivity contribution in [3.63, 3.8) is 0 Å². The molecule has 1 aromatic rings. The summed E-state index contributed by atoms with van der Waals surface area (Å²) in [6.07, 6.45) is 3.15. The number of rotatable bonds is 3. The van der Waals surface area contributed by atoms with Gasteiger partial charge in [-0.15, -0.1) is 0 Å². The summed E-state index contributed by atoms with van der Waals surface area (Å²) in [6.45, 7) is 2.54. The third kappa shape index (κ3) is 3.19. The Morgan fingerprint density at radius 3 is 3.10 bits per heavy atom. The maximum Gasteiger partial charge on any atom is 0.128 e. The zero-order valence-corrected chi connectivity index (χ0v) is 13.1. The highest BCUT2D eigenvalue weighted by atomic mass is 32.2. The van der Waals surface area contributed by atoms with Crippen LogP contribution in [0, 0.1) is 0 Å². The van der Waals surface area contributed by atoms with Crippen molar-refractivity contribution in [2.75, 3.05) is 18.1 Å². The minimum Gasteiger partial charge on any atom is -0.490 e. The van der Waals surface area contributed by atoms with Crippen molar-refractivity contribution < 1.29 is 14.7 Å². The van der Waals surface area contributed by atoms with Crippen LogP contribution in [0.15, 0.2) is 29.4 Å². The highest BCUT2D eigenvalue weighted by molar-refractivity contribution is 7.99. The van der Waals surface area contributed by atoms with Crippen LogP contribution in [0.4, 0.5) is 0 Å². The first-order valence-corrected chi connectivity index (χ1v) is 8.54. The number of oxime groups is 1. The summed E-state index contributed by atoms with van der Waals surface area (Å²) < 4.78 is 12.2. The molecule has 0 aliphatic carbocycles. The standard InChI is InChI=1S/C16H21NO3S/c1-12(17-18)14-4-2-3-5-15(14)20-13-6-8-19-16(10-13)7-9-21-11-16/h2-5,13,18H,6-11H2,1H3/b17-12-. The third-order valence-corrected chi connectivity index (χ3v) is 5.46. The van der Waals surface area contributed by atoms with Gasteiger partial charge in [0.25, 0.3) is 0 Å². The number of para-hydroxylation sites is 1. The van der Waals surface area contributed by atoms with Crippen LogP contribution >= 0.6 is 11.8 Å². The molecule has 2 aliphatic heterocycles. The number of ether oxygens (including phenoxy) is 2. The molecular formula is C16H21NO3S. The van der Waals surface area contributed by atoms with Crippen LogP contribution < -0.4 is 4.74 Å². The summed E-state index contributed by atoms with van der Waals surface area (Å²) >= 11 is 1.97. The summed E-state index contributed by atoms with van der Waals surface area (Å²) in [6, 6.07) is 7.74. The van der Waals surface area contributed by atoms with Gasteiger partial charge in [-0.2, -0.15) is 11.8 Å². The summed E-state index contributed by atoms with van der Waals surface area (Å²) in [5, 5.41) is 12.3. The highest BCUT2D eigenvalue weighted by Crippen LogP contribution is 2.39. The van der Waals surface area contributed by atoms with Gasteiger partial charge in [-0.3, -0.25) is 0 Å². The van der Waals surface area contributed by atoms with E-state index in [9.17, 15) is 0 Å². The van der Waals surface area contributed by atoms with Crippen molar-refractivity contribution in [3.05, 3.63) is 29.8 Å². The van der Waals surface area contributed by atoms with E-state index in [1.165, 1.54) is 5.75 Å². The largest absolute Gasteiger partial charge is 0.490 e. The Kier molecular flexibility index (Phi) is 4.40. The molecule has 1 N–H and O–H groups in total. The lowest BCUT2D eigenvalue weighted by molar-refractivity contribution is -0.0959. The van der Waals surface area contributed by atoms with E-state index in [-0.39, 0.29) is 11.7 Å². The first-order valence-electron chi connectivity index (χ1n) is 7.39. The Hall–Kier alpha value is -1.20. The number of benzene rings is 1. The van der Waals surface area contributed by atoms with E-state index in [0.29, 0.717) is 5.71 Å². The molecule has 1 aromatic carbocycles. The van der Waals surface area contributed by atoms with Crippen molar-refractivity contribution in [2.24, 2.45) is 5.16 Å². The lowest BCUT2D eigenvalue weighted by Crippen LogP contribution is -2.43. The summed E-state index contributed by atoms with van der Waals surface area (Å²) in [4.78, 5) is 0. The van der Waals surface area contributed by atoms with Gasteiger partial charge in [-0.1, -0.05) is 17.3 Å². The van der Waals surface area contributed by atoms with Crippen LogP contribution in [0.3, 0.4) is 0 Å². The maximum absolute atomic E-state index is 9.00. The summed E-state index contributed by atoms with van der Waals surface area (Å²) in [5.74, 6) is 3.05. The van der Waals surface area contributed by atoms with Crippen molar-refractivity contribution >= 4 is 17.5 Å². The van der Waals surface area contributed by atoms with Gasteiger partial charge in [-0.05, 0) is 31.2 Å². The molecule has 0 aromatic heterocycles. The second-order valence-corrected chi connectivity index (χ2v) is 6.85. The van der Waals surface area contributed by atoms with Crippen LogP contribution in [0.5, 0.6) is 5.75 Å². The van der Waals surface area contributed by atoms with E-state index >= 15 is 0 Å². The van der Waals surface area contributed by atoms with Gasteiger partial charge in [0.1, 0.15) is 11.9 Å². The zero-order valence-electron chi connectivity index (χ0n) is 12.2. The monoisotopic (exact) mass is 307 g/mol. The normalized spacial score (nSPS) is 29.8. The average molecular weight is 307 g/mol. The smallest absolute Gasteiger partial charge is 0.128 e. The molecule has 3 rings (SSSR count). The lowest BCUT2D eigenvalue weighted by Gasteiger charge is -2.37. The predicted octanol–water partition coefficient (Wildman–Crippen LogP) is 3.32. The maximum atomic E-state index is 9.00. The molecule has 114 valence electrons. The fourth-order valence-corrected chi connectivity index (χ4v) is 4.43. The molecule has 2 atom stereocenters. The topological polar surface area (TPSA) is 51.1 Å². The minimum absolute atomic E-state index is 0.0165. The molecule has 2 saturated heterocycles. The molecule has 2 heterocycles. The van der Waals surface area contributed by atoms with Crippen LogP contribution in [-0.4, -0.2) is 40.7 Å². The van der Waals surface area contributed by atoms with E-state index < -0.39 is 0 Å². The summed E-state index contributed by atoms with van der Waals surface area (Å²) in [5.41, 5.74) is 1.44. The highest BCUT2D eigenvalue weighted by Gasteiger charge is 2.41. The average Bonchev–Trinajstić information content (AvgIpc) is 2.95. The Bertz CT molecular complexity index is 526. The van der Waals surface area contributed by atoms with Crippen molar-refractivity contribution in [1.29, 1.82) is 0 Å². The van der Waals surface area contributed by atoms with Crippen LogP contribution in [-0.2, 0) is 4.74 Å². The number of nitrogens with zero attached hydrogens (tertiary/aromatic N) is 1. The van der Waals surface area contributed by atoms with Gasteiger partial charge in [0, 0.05) is 24.2 Å². The van der Waals surface area contributed by atoms with Crippen LogP contribution in [0.2, 0.25) is 0 Å². The fourth-order valence-electron chi connectivity index (χ4n) is 3.05. The molecule has 21 heavy (non-hydrogen) atoms. The van der Waals surface area contributed by atoms with Gasteiger partial charge < -0.3 is 14.7 Å². The molecule has 1 spiro atoms. The van der Waals surface area contributed by atoms with Crippen molar-refractivity contribution in [1.82, 2.24) is 0 Å². The molecule has 0 radical (unpaired) electrons. The van der Waals surface area contributed by atoms with E-state index in [1.54, 1.807) is 6.92 Å². The van der Waals surface area contributed by atoms with Gasteiger partial charge in [0.05, 0.1) is 17.9 Å². The van der Waals surface area contributed by atoms with E-state index in [4.69, 9.17) is 14.7 Å². The molecule has 2 unspecified atom stereocenters. The summed E-state index contributed by atoms with van der Waals surface area (Å²) in [7, 11) is 0. The van der Waals surface area contributed by atoms with Gasteiger partial charge in [0.2, 0.25) is 0 Å². The van der Waals surface area contributed by atoms with Gasteiger partial charge in [0.15, 0.2) is 0 Å². The predicted molar refractivity (Wildman–Crippen MR) is 84.7 cm³/mol. The fraction of sp³-hybridized carbons (Fsp3) is 0.562. The number of hydrogen-bond acceptors (Lipinski definition) is 5. The van der Waals surface area contributed by atoms with Gasteiger partial charge in [-0.25, -0.2) is 0 Å². The van der Waals surface area contributed by atoms with E-state index in [2.05, 4.69) is 5.16 Å². The number of thioether (sulfide) groups is 1. The van der Waals surface area contributed by atoms with Crippen LogP contribution in [0.25, 0.3) is 0 Å². The molecule has 5 heteroatoms. The molecule has 0 saturated carbocycles. The Balaban J connectivity index is 1.74. The molecule has 4 nitrogen and oxygen atoms in total. The molecule has 2 aliphatic rings. The SMILES string of the molecule is C/C(=N/O)c1ccccc1OC1CCOC2(CCSC2)C1. The Morgan fingerprint density at radius 2 is 2.33 bits per heavy atom. The molecule has 0 amide bonds. The lowest BCUT2D eigenvalue weighted by atomic mass is 9.91. The van der Waals surface area contributed by atoms with Crippen molar-refractivity contribution in [2.45, 2.75) is 37.9 Å². The molecular weight excluding hydrogens is 286 g/mol. The third-order valence-electron chi connectivity index (χ3n) is 4.24. The molecule has 2 fully saturated rings. The van der Waals surface area contributed by atoms with Gasteiger partial charge >= 0.3 is 0 Å². The first kappa shape index (κ1) is 14.7. The van der Waals surface area contributed by atoms with Crippen LogP contribution in [0.1, 0.15) is 31.7 Å².